The number of fused-ring (bicyclic) bond motifs is 1. The van der Waals surface area contributed by atoms with Crippen LogP contribution in [-0.2, 0) is 19.4 Å². The van der Waals surface area contributed by atoms with E-state index in [4.69, 9.17) is 0 Å². The molecule has 0 saturated heterocycles. The molecule has 0 saturated carbocycles. The van der Waals surface area contributed by atoms with Crippen LogP contribution in [0.25, 0.3) is 23.1 Å². The highest BCUT2D eigenvalue weighted by Gasteiger charge is 2.21. The van der Waals surface area contributed by atoms with Gasteiger partial charge in [0.15, 0.2) is 5.78 Å². The summed E-state index contributed by atoms with van der Waals surface area (Å²) in [4.78, 5) is 13.7. The molecule has 1 aromatic heterocycles. The minimum absolute atomic E-state index is 0. The van der Waals surface area contributed by atoms with E-state index in [0.717, 1.165) is 43.4 Å². The van der Waals surface area contributed by atoms with Gasteiger partial charge in [0, 0.05) is 41.5 Å². The predicted octanol–water partition coefficient (Wildman–Crippen LogP) is 5.39. The van der Waals surface area contributed by atoms with E-state index in [2.05, 4.69) is 96.4 Å². The molecule has 0 aliphatic heterocycles. The lowest BCUT2D eigenvalue weighted by molar-refractivity contribution is -0.673. The molecular weight excluding hydrogens is 554 g/mol. The van der Waals surface area contributed by atoms with E-state index >= 15 is 0 Å². The van der Waals surface area contributed by atoms with Crippen molar-refractivity contribution in [3.8, 4) is 0 Å². The second-order valence-corrected chi connectivity index (χ2v) is 10.2. The molecule has 1 heterocycles. The van der Waals surface area contributed by atoms with Crippen LogP contribution in [0.15, 0.2) is 121 Å². The standard InChI is InChI=1S/C37H36NO.BrH/c1-2-3-26-38-35(25-23-32-16-10-11-17-36(32)38)24-20-29-18-21-33(22-19-29)37(39)34(27-30-12-6-4-7-13-30)28-31-14-8-5-9-15-31;/h4-25,34H,2-3,26-28H2,1H3;1H/q+1;/p-1/b24-20+;. The van der Waals surface area contributed by atoms with Crippen LogP contribution in [0.3, 0.4) is 0 Å². The van der Waals surface area contributed by atoms with Crippen LogP contribution in [0.1, 0.15) is 52.5 Å². The molecule has 5 rings (SSSR count). The molecule has 0 radical (unpaired) electrons. The lowest BCUT2D eigenvalue weighted by Gasteiger charge is -2.17. The average molecular weight is 591 g/mol. The van der Waals surface area contributed by atoms with Crippen LogP contribution in [0, 0.1) is 5.92 Å². The van der Waals surface area contributed by atoms with Crippen molar-refractivity contribution >= 4 is 28.8 Å². The van der Waals surface area contributed by atoms with Crippen molar-refractivity contribution in [1.82, 2.24) is 0 Å². The van der Waals surface area contributed by atoms with E-state index in [9.17, 15) is 4.79 Å². The first-order valence-electron chi connectivity index (χ1n) is 14.0. The highest BCUT2D eigenvalue weighted by atomic mass is 79.9. The van der Waals surface area contributed by atoms with Crippen LogP contribution in [0.4, 0.5) is 0 Å². The SMILES string of the molecule is CCCC[n+]1c(/C=C/c2ccc(C(=O)C(Cc3ccccc3)Cc3ccccc3)cc2)ccc2ccccc21.[Br-]. The molecule has 40 heavy (non-hydrogen) atoms. The third-order valence-corrected chi connectivity index (χ3v) is 7.37. The Morgan fingerprint density at radius 3 is 1.93 bits per heavy atom. The van der Waals surface area contributed by atoms with Crippen molar-refractivity contribution in [3.63, 3.8) is 0 Å². The number of pyridine rings is 1. The lowest BCUT2D eigenvalue weighted by Crippen LogP contribution is -3.00. The summed E-state index contributed by atoms with van der Waals surface area (Å²) in [6, 6.07) is 41.7. The Labute approximate surface area is 248 Å². The number of Topliss-reactive ketones (excluding diaryl/α,β-unsaturated/α-hetero) is 1. The van der Waals surface area contributed by atoms with E-state index in [0.29, 0.717) is 0 Å². The van der Waals surface area contributed by atoms with Crippen LogP contribution in [-0.4, -0.2) is 5.78 Å². The summed E-state index contributed by atoms with van der Waals surface area (Å²) in [5, 5.41) is 1.26. The number of para-hydroxylation sites is 1. The smallest absolute Gasteiger partial charge is 0.212 e. The molecule has 0 unspecified atom stereocenters. The van der Waals surface area contributed by atoms with Crippen LogP contribution >= 0.6 is 0 Å². The number of carbonyl (C=O) groups excluding carboxylic acids is 1. The molecule has 0 N–H and O–H groups in total. The number of hydrogen-bond donors (Lipinski definition) is 0. The van der Waals surface area contributed by atoms with Crippen LogP contribution in [0.5, 0.6) is 0 Å². The van der Waals surface area contributed by atoms with Gasteiger partial charge in [0.2, 0.25) is 11.2 Å². The zero-order chi connectivity index (χ0) is 26.9. The lowest BCUT2D eigenvalue weighted by atomic mass is 9.86. The predicted molar refractivity (Wildman–Crippen MR) is 163 cm³/mol. The van der Waals surface area contributed by atoms with Gasteiger partial charge in [-0.1, -0.05) is 110 Å². The molecule has 202 valence electrons. The number of aromatic nitrogens is 1. The maximum Gasteiger partial charge on any atom is 0.212 e. The Balaban J connectivity index is 0.00000370. The van der Waals surface area contributed by atoms with Crippen molar-refractivity contribution in [1.29, 1.82) is 0 Å². The highest BCUT2D eigenvalue weighted by molar-refractivity contribution is 5.98. The number of carbonyl (C=O) groups is 1. The van der Waals surface area contributed by atoms with E-state index < -0.39 is 0 Å². The maximum absolute atomic E-state index is 13.7. The first kappa shape index (κ1) is 29.2. The van der Waals surface area contributed by atoms with Crippen molar-refractivity contribution in [2.75, 3.05) is 0 Å². The Hall–Kier alpha value is -3.82. The van der Waals surface area contributed by atoms with Gasteiger partial charge in [0.25, 0.3) is 0 Å². The van der Waals surface area contributed by atoms with E-state index in [1.165, 1.54) is 27.7 Å². The average Bonchev–Trinajstić information content (AvgIpc) is 2.99. The van der Waals surface area contributed by atoms with Gasteiger partial charge < -0.3 is 17.0 Å². The van der Waals surface area contributed by atoms with Crippen molar-refractivity contribution < 1.29 is 26.3 Å². The van der Waals surface area contributed by atoms with E-state index in [1.807, 2.05) is 48.5 Å². The number of nitrogens with zero attached hydrogens (tertiary/aromatic N) is 1. The first-order chi connectivity index (χ1) is 19.2. The number of rotatable bonds is 11. The second kappa shape index (κ2) is 14.5. The maximum atomic E-state index is 13.7. The van der Waals surface area contributed by atoms with Gasteiger partial charge in [-0.25, -0.2) is 0 Å². The zero-order valence-electron chi connectivity index (χ0n) is 23.0. The highest BCUT2D eigenvalue weighted by Crippen LogP contribution is 2.21. The summed E-state index contributed by atoms with van der Waals surface area (Å²) in [5.41, 5.74) is 6.69. The molecule has 3 heteroatoms. The molecular formula is C37H36BrNO. The van der Waals surface area contributed by atoms with Gasteiger partial charge in [-0.2, -0.15) is 4.57 Å². The quantitative estimate of drug-likeness (QED) is 0.149. The van der Waals surface area contributed by atoms with Gasteiger partial charge in [0.1, 0.15) is 6.54 Å². The number of benzene rings is 4. The van der Waals surface area contributed by atoms with Crippen molar-refractivity contribution in [2.24, 2.45) is 5.92 Å². The minimum atomic E-state index is -0.105. The summed E-state index contributed by atoms with van der Waals surface area (Å²) < 4.78 is 2.41. The molecule has 0 fully saturated rings. The number of halogens is 1. The van der Waals surface area contributed by atoms with Crippen LogP contribution in [0.2, 0.25) is 0 Å². The molecule has 2 nitrogen and oxygen atoms in total. The summed E-state index contributed by atoms with van der Waals surface area (Å²) in [5.74, 6) is 0.0940. The molecule has 4 aromatic carbocycles. The number of ketones is 1. The normalized spacial score (nSPS) is 11.2. The summed E-state index contributed by atoms with van der Waals surface area (Å²) in [6.07, 6.45) is 8.10. The fraction of sp³-hybridized carbons (Fsp3) is 0.189. The van der Waals surface area contributed by atoms with Gasteiger partial charge in [0.05, 0.1) is 0 Å². The zero-order valence-corrected chi connectivity index (χ0v) is 24.6. The fourth-order valence-corrected chi connectivity index (χ4v) is 5.22. The van der Waals surface area contributed by atoms with Gasteiger partial charge in [-0.05, 0) is 47.7 Å². The molecule has 0 amide bonds. The van der Waals surface area contributed by atoms with E-state index in [1.54, 1.807) is 0 Å². The Morgan fingerprint density at radius 1 is 0.700 bits per heavy atom. The fourth-order valence-electron chi connectivity index (χ4n) is 5.22. The third-order valence-electron chi connectivity index (χ3n) is 7.37. The van der Waals surface area contributed by atoms with Crippen LogP contribution < -0.4 is 21.5 Å². The second-order valence-electron chi connectivity index (χ2n) is 10.2. The van der Waals surface area contributed by atoms with E-state index in [-0.39, 0.29) is 28.7 Å². The molecule has 0 spiro atoms. The van der Waals surface area contributed by atoms with Crippen molar-refractivity contribution in [3.05, 3.63) is 149 Å². The molecule has 5 aromatic rings. The van der Waals surface area contributed by atoms with Crippen molar-refractivity contribution in [2.45, 2.75) is 39.2 Å². The van der Waals surface area contributed by atoms with Gasteiger partial charge >= 0.3 is 0 Å². The Kier molecular flexibility index (Phi) is 10.6. The number of aryl methyl sites for hydroxylation is 1. The first-order valence-corrected chi connectivity index (χ1v) is 14.0. The Morgan fingerprint density at radius 2 is 1.30 bits per heavy atom. The summed E-state index contributed by atoms with van der Waals surface area (Å²) in [7, 11) is 0. The Bertz CT molecular complexity index is 1500. The summed E-state index contributed by atoms with van der Waals surface area (Å²) >= 11 is 0. The topological polar surface area (TPSA) is 20.9 Å². The molecule has 0 aliphatic rings. The number of hydrogen-bond acceptors (Lipinski definition) is 1. The third kappa shape index (κ3) is 7.43. The van der Waals surface area contributed by atoms with Gasteiger partial charge in [-0.3, -0.25) is 4.79 Å². The molecule has 0 bridgehead atoms. The monoisotopic (exact) mass is 589 g/mol. The largest absolute Gasteiger partial charge is 1.00 e. The number of unbranched alkanes of at least 4 members (excludes halogenated alkanes) is 1. The minimum Gasteiger partial charge on any atom is -1.00 e. The molecule has 0 atom stereocenters. The molecule has 0 aliphatic carbocycles. The summed E-state index contributed by atoms with van der Waals surface area (Å²) in [6.45, 7) is 3.23. The van der Waals surface area contributed by atoms with Gasteiger partial charge in [-0.15, -0.1) is 0 Å².